The average Bonchev–Trinajstić information content (AvgIpc) is 3.14. The van der Waals surface area contributed by atoms with Crippen molar-refractivity contribution in [3.8, 4) is 0 Å². The van der Waals surface area contributed by atoms with Gasteiger partial charge in [0.05, 0.1) is 0 Å². The fraction of sp³-hybridized carbons (Fsp3) is 0.333. The quantitative estimate of drug-likeness (QED) is 0.903. The Labute approximate surface area is 154 Å². The number of amides is 2. The first-order chi connectivity index (χ1) is 12.5. The molecule has 136 valence electrons. The predicted molar refractivity (Wildman–Crippen MR) is 101 cm³/mol. The van der Waals surface area contributed by atoms with Crippen molar-refractivity contribution in [2.45, 2.75) is 39.3 Å². The van der Waals surface area contributed by atoms with Gasteiger partial charge in [0.1, 0.15) is 12.6 Å². The third-order valence-electron chi connectivity index (χ3n) is 4.77. The number of nitrogens with one attached hydrogen (secondary N) is 1. The Morgan fingerprint density at radius 1 is 1.12 bits per heavy atom. The second-order valence-corrected chi connectivity index (χ2v) is 6.68. The highest BCUT2D eigenvalue weighted by atomic mass is 16.6. The lowest BCUT2D eigenvalue weighted by Gasteiger charge is -2.23. The van der Waals surface area contributed by atoms with E-state index in [1.165, 1.54) is 10.5 Å². The molecule has 0 spiro atoms. The van der Waals surface area contributed by atoms with Gasteiger partial charge < -0.3 is 10.1 Å². The van der Waals surface area contributed by atoms with E-state index < -0.39 is 12.1 Å². The normalized spacial score (nSPS) is 16.4. The van der Waals surface area contributed by atoms with E-state index in [9.17, 15) is 9.59 Å². The van der Waals surface area contributed by atoms with Crippen molar-refractivity contribution >= 4 is 17.7 Å². The molecule has 1 aliphatic heterocycles. The topological polar surface area (TPSA) is 58.6 Å². The maximum Gasteiger partial charge on any atom is 0.410 e. The molecule has 0 saturated carbocycles. The molecule has 26 heavy (non-hydrogen) atoms. The molecule has 0 radical (unpaired) electrons. The van der Waals surface area contributed by atoms with Crippen molar-refractivity contribution < 1.29 is 14.3 Å². The van der Waals surface area contributed by atoms with E-state index >= 15 is 0 Å². The Morgan fingerprint density at radius 3 is 2.62 bits per heavy atom. The molecular formula is C21H24N2O3. The summed E-state index contributed by atoms with van der Waals surface area (Å²) in [5.41, 5.74) is 3.97. The van der Waals surface area contributed by atoms with Crippen molar-refractivity contribution in [3.63, 3.8) is 0 Å². The van der Waals surface area contributed by atoms with Gasteiger partial charge in [-0.3, -0.25) is 9.69 Å². The van der Waals surface area contributed by atoms with Crippen molar-refractivity contribution in [3.05, 3.63) is 65.2 Å². The van der Waals surface area contributed by atoms with Crippen LogP contribution in [0.1, 0.15) is 29.5 Å². The fourth-order valence-corrected chi connectivity index (χ4v) is 3.10. The second kappa shape index (κ2) is 8.04. The van der Waals surface area contributed by atoms with Crippen molar-refractivity contribution in [1.29, 1.82) is 0 Å². The molecule has 1 aliphatic rings. The first kappa shape index (κ1) is 18.0. The number of hydrogen-bond acceptors (Lipinski definition) is 3. The number of rotatable bonds is 4. The molecule has 3 rings (SSSR count). The van der Waals surface area contributed by atoms with Crippen LogP contribution in [0.5, 0.6) is 0 Å². The van der Waals surface area contributed by atoms with Gasteiger partial charge in [-0.2, -0.15) is 0 Å². The van der Waals surface area contributed by atoms with Crippen LogP contribution >= 0.6 is 0 Å². The summed E-state index contributed by atoms with van der Waals surface area (Å²) in [7, 11) is 0. The Hall–Kier alpha value is -2.82. The highest BCUT2D eigenvalue weighted by Gasteiger charge is 2.35. The summed E-state index contributed by atoms with van der Waals surface area (Å²) >= 11 is 0. The monoisotopic (exact) mass is 352 g/mol. The van der Waals surface area contributed by atoms with Crippen LogP contribution < -0.4 is 5.32 Å². The van der Waals surface area contributed by atoms with Crippen molar-refractivity contribution in [2.75, 3.05) is 11.9 Å². The molecule has 0 unspecified atom stereocenters. The summed E-state index contributed by atoms with van der Waals surface area (Å²) in [6.07, 6.45) is 1.01. The van der Waals surface area contributed by atoms with E-state index in [-0.39, 0.29) is 12.5 Å². The summed E-state index contributed by atoms with van der Waals surface area (Å²) in [4.78, 5) is 26.6. The standard InChI is InChI=1S/C21H24N2O3/c1-15-10-11-18(13-16(15)2)22-20(24)19-9-6-12-23(19)21(25)26-14-17-7-4-3-5-8-17/h3-5,7-8,10-11,13,19H,6,9,12,14H2,1-2H3,(H,22,24)/t19-/m0/s1. The summed E-state index contributed by atoms with van der Waals surface area (Å²) in [6, 6.07) is 14.8. The van der Waals surface area contributed by atoms with Crippen LogP contribution in [-0.4, -0.2) is 29.5 Å². The third kappa shape index (κ3) is 4.23. The molecule has 2 amide bonds. The maximum absolute atomic E-state index is 12.6. The van der Waals surface area contributed by atoms with Gasteiger partial charge in [-0.15, -0.1) is 0 Å². The second-order valence-electron chi connectivity index (χ2n) is 6.68. The smallest absolute Gasteiger partial charge is 0.410 e. The third-order valence-corrected chi connectivity index (χ3v) is 4.77. The average molecular weight is 352 g/mol. The minimum atomic E-state index is -0.486. The Kier molecular flexibility index (Phi) is 5.56. The lowest BCUT2D eigenvalue weighted by Crippen LogP contribution is -2.43. The van der Waals surface area contributed by atoms with Crippen LogP contribution in [0.3, 0.4) is 0 Å². The predicted octanol–water partition coefficient (Wildman–Crippen LogP) is 4.04. The summed E-state index contributed by atoms with van der Waals surface area (Å²) in [6.45, 7) is 4.79. The largest absolute Gasteiger partial charge is 0.445 e. The van der Waals surface area contributed by atoms with E-state index in [0.29, 0.717) is 13.0 Å². The summed E-state index contributed by atoms with van der Waals surface area (Å²) in [5.74, 6) is -0.164. The molecule has 1 fully saturated rings. The van der Waals surface area contributed by atoms with Crippen LogP contribution in [0.25, 0.3) is 0 Å². The number of nitrogens with zero attached hydrogens (tertiary/aromatic N) is 1. The first-order valence-corrected chi connectivity index (χ1v) is 8.90. The van der Waals surface area contributed by atoms with E-state index in [0.717, 1.165) is 23.2 Å². The summed E-state index contributed by atoms with van der Waals surface area (Å²) < 4.78 is 5.38. The first-order valence-electron chi connectivity index (χ1n) is 8.90. The van der Waals surface area contributed by atoms with Crippen molar-refractivity contribution in [2.24, 2.45) is 0 Å². The number of ether oxygens (including phenoxy) is 1. The zero-order valence-corrected chi connectivity index (χ0v) is 15.2. The Morgan fingerprint density at radius 2 is 1.88 bits per heavy atom. The van der Waals surface area contributed by atoms with Gasteiger partial charge in [-0.1, -0.05) is 36.4 Å². The molecular weight excluding hydrogens is 328 g/mol. The van der Waals surface area contributed by atoms with E-state index in [2.05, 4.69) is 5.32 Å². The van der Waals surface area contributed by atoms with Gasteiger partial charge in [0.15, 0.2) is 0 Å². The van der Waals surface area contributed by atoms with Crippen LogP contribution in [0, 0.1) is 13.8 Å². The van der Waals surface area contributed by atoms with Gasteiger partial charge in [0.2, 0.25) is 5.91 Å². The van der Waals surface area contributed by atoms with Gasteiger partial charge >= 0.3 is 6.09 Å². The number of carbonyl (C=O) groups excluding carboxylic acids is 2. The maximum atomic E-state index is 12.6. The molecule has 1 N–H and O–H groups in total. The van der Waals surface area contributed by atoms with Gasteiger partial charge in [-0.05, 0) is 55.5 Å². The number of likely N-dealkylation sites (tertiary alicyclic amines) is 1. The van der Waals surface area contributed by atoms with Crippen LogP contribution in [0.4, 0.5) is 10.5 Å². The van der Waals surface area contributed by atoms with Gasteiger partial charge in [0, 0.05) is 12.2 Å². The van der Waals surface area contributed by atoms with Crippen LogP contribution in [0.2, 0.25) is 0 Å². The summed E-state index contributed by atoms with van der Waals surface area (Å²) in [5, 5.41) is 2.92. The zero-order chi connectivity index (χ0) is 18.5. The fourth-order valence-electron chi connectivity index (χ4n) is 3.10. The highest BCUT2D eigenvalue weighted by Crippen LogP contribution is 2.21. The molecule has 0 bridgehead atoms. The highest BCUT2D eigenvalue weighted by molar-refractivity contribution is 5.97. The zero-order valence-electron chi connectivity index (χ0n) is 15.2. The Balaban J connectivity index is 1.60. The van der Waals surface area contributed by atoms with Gasteiger partial charge in [0.25, 0.3) is 0 Å². The van der Waals surface area contributed by atoms with Crippen LogP contribution in [0.15, 0.2) is 48.5 Å². The van der Waals surface area contributed by atoms with Gasteiger partial charge in [-0.25, -0.2) is 4.79 Å². The van der Waals surface area contributed by atoms with E-state index in [1.54, 1.807) is 0 Å². The molecule has 2 aromatic rings. The van der Waals surface area contributed by atoms with Crippen LogP contribution in [-0.2, 0) is 16.1 Å². The molecule has 1 heterocycles. The lowest BCUT2D eigenvalue weighted by atomic mass is 10.1. The number of anilines is 1. The molecule has 1 saturated heterocycles. The number of hydrogen-bond donors (Lipinski definition) is 1. The lowest BCUT2D eigenvalue weighted by molar-refractivity contribution is -0.120. The SMILES string of the molecule is Cc1ccc(NC(=O)[C@@H]2CCCN2C(=O)OCc2ccccc2)cc1C. The van der Waals surface area contributed by atoms with E-state index in [4.69, 9.17) is 4.74 Å². The van der Waals surface area contributed by atoms with Crippen molar-refractivity contribution in [1.82, 2.24) is 4.90 Å². The molecule has 5 nitrogen and oxygen atoms in total. The molecule has 0 aliphatic carbocycles. The molecule has 0 aromatic heterocycles. The number of aryl methyl sites for hydroxylation is 2. The molecule has 1 atom stereocenters. The number of benzene rings is 2. The molecule has 5 heteroatoms. The van der Waals surface area contributed by atoms with E-state index in [1.807, 2.05) is 62.4 Å². The minimum absolute atomic E-state index is 0.164. The number of carbonyl (C=O) groups is 2. The molecule has 2 aromatic carbocycles. The minimum Gasteiger partial charge on any atom is -0.445 e. The Bertz CT molecular complexity index is 789.